The lowest BCUT2D eigenvalue weighted by molar-refractivity contribution is 0.0697. The van der Waals surface area contributed by atoms with E-state index in [0.717, 1.165) is 0 Å². The normalized spacial score (nSPS) is 9.74. The van der Waals surface area contributed by atoms with Crippen LogP contribution in [0.15, 0.2) is 36.9 Å². The van der Waals surface area contributed by atoms with Gasteiger partial charge in [-0.1, -0.05) is 12.1 Å². The molecule has 1 aromatic carbocycles. The number of urea groups is 1. The molecule has 0 unspecified atom stereocenters. The molecule has 0 fully saturated rings. The Morgan fingerprint density at radius 2 is 2.16 bits per heavy atom. The summed E-state index contributed by atoms with van der Waals surface area (Å²) in [6.45, 7) is 3.85. The molecule has 3 N–H and O–H groups in total. The Balaban J connectivity index is 2.77. The van der Waals surface area contributed by atoms with E-state index in [-0.39, 0.29) is 18.7 Å². The third-order valence-electron chi connectivity index (χ3n) is 2.37. The summed E-state index contributed by atoms with van der Waals surface area (Å²) in [5.41, 5.74) is 0.479. The van der Waals surface area contributed by atoms with Crippen LogP contribution in [0, 0.1) is 0 Å². The molecule has 0 bridgehead atoms. The molecule has 2 amide bonds. The maximum absolute atomic E-state index is 11.9. The fraction of sp³-hybridized carbons (Fsp3) is 0.231. The van der Waals surface area contributed by atoms with Gasteiger partial charge in [0.25, 0.3) is 0 Å². The van der Waals surface area contributed by atoms with Crippen LogP contribution in [0.5, 0.6) is 0 Å². The first-order chi connectivity index (χ1) is 9.08. The number of benzene rings is 1. The van der Waals surface area contributed by atoms with Gasteiger partial charge in [-0.05, 0) is 18.2 Å². The molecule has 0 heterocycles. The number of aromatic carboxylic acids is 1. The molecule has 0 aliphatic rings. The number of aliphatic hydroxyl groups is 1. The molecule has 0 aliphatic heterocycles. The SMILES string of the molecule is C=CCN(CCO)C(=O)Nc1cccc(C(=O)O)c1. The van der Waals surface area contributed by atoms with E-state index in [0.29, 0.717) is 12.2 Å². The molecular weight excluding hydrogens is 248 g/mol. The molecule has 0 aliphatic carbocycles. The lowest BCUT2D eigenvalue weighted by Gasteiger charge is -2.20. The summed E-state index contributed by atoms with van der Waals surface area (Å²) in [6.07, 6.45) is 1.54. The number of carbonyl (C=O) groups is 2. The van der Waals surface area contributed by atoms with E-state index in [2.05, 4.69) is 11.9 Å². The standard InChI is InChI=1S/C13H16N2O4/c1-2-6-15(7-8-16)13(19)14-11-5-3-4-10(9-11)12(17)18/h2-5,9,16H,1,6-8H2,(H,14,19)(H,17,18). The summed E-state index contributed by atoms with van der Waals surface area (Å²) in [6, 6.07) is 5.52. The summed E-state index contributed by atoms with van der Waals surface area (Å²) in [4.78, 5) is 24.1. The number of carboxylic acids is 1. The van der Waals surface area contributed by atoms with E-state index in [4.69, 9.17) is 10.2 Å². The van der Waals surface area contributed by atoms with Crippen molar-refractivity contribution >= 4 is 17.7 Å². The predicted molar refractivity (Wildman–Crippen MR) is 71.3 cm³/mol. The first-order valence-electron chi connectivity index (χ1n) is 5.69. The van der Waals surface area contributed by atoms with Gasteiger partial charge < -0.3 is 20.4 Å². The van der Waals surface area contributed by atoms with Crippen LogP contribution in [-0.2, 0) is 0 Å². The number of rotatable bonds is 6. The van der Waals surface area contributed by atoms with Crippen molar-refractivity contribution in [3.8, 4) is 0 Å². The minimum atomic E-state index is -1.06. The predicted octanol–water partition coefficient (Wildman–Crippen LogP) is 1.40. The Labute approximate surface area is 111 Å². The number of anilines is 1. The second kappa shape index (κ2) is 7.17. The van der Waals surface area contributed by atoms with Crippen molar-refractivity contribution in [3.05, 3.63) is 42.5 Å². The lowest BCUT2D eigenvalue weighted by atomic mass is 10.2. The van der Waals surface area contributed by atoms with Crippen LogP contribution >= 0.6 is 0 Å². The molecule has 6 heteroatoms. The Morgan fingerprint density at radius 1 is 1.42 bits per heavy atom. The Kier molecular flexibility index (Phi) is 5.56. The molecule has 19 heavy (non-hydrogen) atoms. The highest BCUT2D eigenvalue weighted by Crippen LogP contribution is 2.11. The van der Waals surface area contributed by atoms with Crippen LogP contribution < -0.4 is 5.32 Å². The van der Waals surface area contributed by atoms with Gasteiger partial charge in [0.1, 0.15) is 0 Å². The van der Waals surface area contributed by atoms with Gasteiger partial charge in [0.2, 0.25) is 0 Å². The van der Waals surface area contributed by atoms with Crippen LogP contribution in [-0.4, -0.2) is 46.8 Å². The Morgan fingerprint density at radius 3 is 2.74 bits per heavy atom. The second-order valence-electron chi connectivity index (χ2n) is 3.77. The van der Waals surface area contributed by atoms with Gasteiger partial charge in [-0.25, -0.2) is 9.59 Å². The minimum absolute atomic E-state index is 0.0928. The number of carbonyl (C=O) groups excluding carboxylic acids is 1. The second-order valence-corrected chi connectivity index (χ2v) is 3.77. The first kappa shape index (κ1) is 14.7. The van der Waals surface area contributed by atoms with Crippen molar-refractivity contribution in [1.29, 1.82) is 0 Å². The quantitative estimate of drug-likeness (QED) is 0.677. The number of hydrogen-bond donors (Lipinski definition) is 3. The van der Waals surface area contributed by atoms with Gasteiger partial charge in [-0.3, -0.25) is 0 Å². The summed E-state index contributed by atoms with van der Waals surface area (Å²) in [5.74, 6) is -1.06. The van der Waals surface area contributed by atoms with E-state index in [1.807, 2.05) is 0 Å². The zero-order valence-corrected chi connectivity index (χ0v) is 10.4. The molecule has 1 aromatic rings. The van der Waals surface area contributed by atoms with E-state index in [1.54, 1.807) is 18.2 Å². The minimum Gasteiger partial charge on any atom is -0.478 e. The van der Waals surface area contributed by atoms with Gasteiger partial charge in [-0.15, -0.1) is 6.58 Å². The van der Waals surface area contributed by atoms with Crippen molar-refractivity contribution in [1.82, 2.24) is 4.90 Å². The van der Waals surface area contributed by atoms with Crippen LogP contribution in [0.25, 0.3) is 0 Å². The van der Waals surface area contributed by atoms with Crippen molar-refractivity contribution < 1.29 is 19.8 Å². The number of nitrogens with one attached hydrogen (secondary N) is 1. The number of carboxylic acid groups (broad SMARTS) is 1. The summed E-state index contributed by atoms with van der Waals surface area (Å²) in [7, 11) is 0. The zero-order chi connectivity index (χ0) is 14.3. The fourth-order valence-corrected chi connectivity index (χ4v) is 1.48. The zero-order valence-electron chi connectivity index (χ0n) is 10.4. The van der Waals surface area contributed by atoms with Gasteiger partial charge in [-0.2, -0.15) is 0 Å². The number of aliphatic hydroxyl groups excluding tert-OH is 1. The van der Waals surface area contributed by atoms with Crippen LogP contribution in [0.4, 0.5) is 10.5 Å². The maximum atomic E-state index is 11.9. The van der Waals surface area contributed by atoms with E-state index in [1.165, 1.54) is 17.0 Å². The smallest absolute Gasteiger partial charge is 0.335 e. The number of hydrogen-bond acceptors (Lipinski definition) is 3. The molecule has 0 saturated heterocycles. The van der Waals surface area contributed by atoms with Gasteiger partial charge in [0, 0.05) is 18.8 Å². The van der Waals surface area contributed by atoms with Crippen molar-refractivity contribution in [3.63, 3.8) is 0 Å². The van der Waals surface area contributed by atoms with Crippen molar-refractivity contribution in [2.75, 3.05) is 25.0 Å². The molecule has 0 spiro atoms. The largest absolute Gasteiger partial charge is 0.478 e. The average Bonchev–Trinajstić information content (AvgIpc) is 2.38. The molecular formula is C13H16N2O4. The summed E-state index contributed by atoms with van der Waals surface area (Å²) >= 11 is 0. The van der Waals surface area contributed by atoms with Crippen LogP contribution in [0.1, 0.15) is 10.4 Å². The highest BCUT2D eigenvalue weighted by Gasteiger charge is 2.12. The van der Waals surface area contributed by atoms with Crippen LogP contribution in [0.2, 0.25) is 0 Å². The van der Waals surface area contributed by atoms with E-state index < -0.39 is 12.0 Å². The van der Waals surface area contributed by atoms with Gasteiger partial charge >= 0.3 is 12.0 Å². The Hall–Kier alpha value is -2.34. The monoisotopic (exact) mass is 264 g/mol. The van der Waals surface area contributed by atoms with Gasteiger partial charge in [0.15, 0.2) is 0 Å². The van der Waals surface area contributed by atoms with Crippen molar-refractivity contribution in [2.24, 2.45) is 0 Å². The first-order valence-corrected chi connectivity index (χ1v) is 5.69. The third-order valence-corrected chi connectivity index (χ3v) is 2.37. The molecule has 102 valence electrons. The van der Waals surface area contributed by atoms with E-state index in [9.17, 15) is 9.59 Å². The number of amides is 2. The van der Waals surface area contributed by atoms with Crippen molar-refractivity contribution in [2.45, 2.75) is 0 Å². The maximum Gasteiger partial charge on any atom is 0.335 e. The fourth-order valence-electron chi connectivity index (χ4n) is 1.48. The summed E-state index contributed by atoms with van der Waals surface area (Å²) < 4.78 is 0. The Bertz CT molecular complexity index is 473. The molecule has 1 rings (SSSR count). The molecule has 0 atom stereocenters. The third kappa shape index (κ3) is 4.44. The number of nitrogens with zero attached hydrogens (tertiary/aromatic N) is 1. The molecule has 0 radical (unpaired) electrons. The highest BCUT2D eigenvalue weighted by molar-refractivity contribution is 5.93. The summed E-state index contributed by atoms with van der Waals surface area (Å²) in [5, 5.41) is 20.3. The topological polar surface area (TPSA) is 89.9 Å². The van der Waals surface area contributed by atoms with Crippen LogP contribution in [0.3, 0.4) is 0 Å². The highest BCUT2D eigenvalue weighted by atomic mass is 16.4. The molecule has 0 aromatic heterocycles. The average molecular weight is 264 g/mol. The lowest BCUT2D eigenvalue weighted by Crippen LogP contribution is -2.37. The van der Waals surface area contributed by atoms with Gasteiger partial charge in [0.05, 0.1) is 12.2 Å². The molecule has 6 nitrogen and oxygen atoms in total. The van der Waals surface area contributed by atoms with E-state index >= 15 is 0 Å². The molecule has 0 saturated carbocycles.